The van der Waals surface area contributed by atoms with Crippen LogP contribution in [0.2, 0.25) is 0 Å². The second-order valence-corrected chi connectivity index (χ2v) is 6.54. The topological polar surface area (TPSA) is 40.6 Å². The fraction of sp³-hybridized carbons (Fsp3) is 0.556. The van der Waals surface area contributed by atoms with Gasteiger partial charge in [-0.1, -0.05) is 19.1 Å². The second-order valence-electron chi connectivity index (χ2n) is 6.54. The van der Waals surface area contributed by atoms with Crippen LogP contribution in [-0.2, 0) is 0 Å². The lowest BCUT2D eigenvalue weighted by Crippen LogP contribution is -2.34. The number of benzene rings is 1. The van der Waals surface area contributed by atoms with Crippen LogP contribution in [0.3, 0.4) is 0 Å². The highest BCUT2D eigenvalue weighted by atomic mass is 16.2. The molecule has 0 spiro atoms. The molecular weight excluding hydrogens is 276 g/mol. The van der Waals surface area contributed by atoms with Crippen LogP contribution in [0.5, 0.6) is 0 Å². The zero-order chi connectivity index (χ0) is 15.5. The Morgan fingerprint density at radius 3 is 2.09 bits per heavy atom. The highest BCUT2D eigenvalue weighted by Gasteiger charge is 2.34. The molecule has 0 radical (unpaired) electrons. The lowest BCUT2D eigenvalue weighted by atomic mass is 9.99. The molecule has 4 nitrogen and oxygen atoms in total. The average molecular weight is 300 g/mol. The first-order chi connectivity index (χ1) is 10.7. The monoisotopic (exact) mass is 300 g/mol. The molecule has 1 aromatic rings. The molecule has 0 unspecified atom stereocenters. The van der Waals surface area contributed by atoms with Gasteiger partial charge in [0.1, 0.15) is 0 Å². The Bertz CT molecular complexity index is 527. The molecule has 3 rings (SSSR count). The van der Waals surface area contributed by atoms with E-state index in [1.54, 1.807) is 12.1 Å². The van der Waals surface area contributed by atoms with Crippen molar-refractivity contribution in [3.63, 3.8) is 0 Å². The standard InChI is InChI=1S/C18H24N2O2/c1-14-8-12-19(13-9-14)10-4-5-11-20-17(21)15-6-2-3-7-16(15)18(20)22/h2-3,6-7,14H,4-5,8-13H2,1H3. The number of imide groups is 1. The molecule has 4 heteroatoms. The van der Waals surface area contributed by atoms with E-state index in [4.69, 9.17) is 0 Å². The summed E-state index contributed by atoms with van der Waals surface area (Å²) < 4.78 is 0. The first kappa shape index (κ1) is 15.2. The predicted molar refractivity (Wildman–Crippen MR) is 85.9 cm³/mol. The van der Waals surface area contributed by atoms with Crippen LogP contribution in [0.4, 0.5) is 0 Å². The van der Waals surface area contributed by atoms with Gasteiger partial charge < -0.3 is 4.90 Å². The van der Waals surface area contributed by atoms with Crippen LogP contribution in [0.1, 0.15) is 53.3 Å². The van der Waals surface area contributed by atoms with Crippen molar-refractivity contribution < 1.29 is 9.59 Å². The molecule has 2 aliphatic heterocycles. The molecule has 1 fully saturated rings. The molecule has 0 atom stereocenters. The Labute approximate surface area is 132 Å². The smallest absolute Gasteiger partial charge is 0.261 e. The van der Waals surface area contributed by atoms with Gasteiger partial charge in [-0.25, -0.2) is 0 Å². The summed E-state index contributed by atoms with van der Waals surface area (Å²) in [6.07, 6.45) is 4.51. The zero-order valence-electron chi connectivity index (χ0n) is 13.3. The Morgan fingerprint density at radius 1 is 0.955 bits per heavy atom. The molecule has 0 bridgehead atoms. The molecular formula is C18H24N2O2. The van der Waals surface area contributed by atoms with Crippen LogP contribution < -0.4 is 0 Å². The van der Waals surface area contributed by atoms with Crippen molar-refractivity contribution in [2.24, 2.45) is 5.92 Å². The molecule has 2 aliphatic rings. The summed E-state index contributed by atoms with van der Waals surface area (Å²) in [5.41, 5.74) is 1.11. The normalized spacial score (nSPS) is 19.8. The summed E-state index contributed by atoms with van der Waals surface area (Å²) in [6, 6.07) is 7.10. The molecule has 0 aromatic heterocycles. The van der Waals surface area contributed by atoms with Crippen molar-refractivity contribution in [3.05, 3.63) is 35.4 Å². The van der Waals surface area contributed by atoms with Gasteiger partial charge in [0.15, 0.2) is 0 Å². The van der Waals surface area contributed by atoms with Gasteiger partial charge in [-0.05, 0) is 63.4 Å². The van der Waals surface area contributed by atoms with E-state index in [1.807, 2.05) is 12.1 Å². The summed E-state index contributed by atoms with van der Waals surface area (Å²) >= 11 is 0. The first-order valence-electron chi connectivity index (χ1n) is 8.34. The predicted octanol–water partition coefficient (Wildman–Crippen LogP) is 2.79. The van der Waals surface area contributed by atoms with Gasteiger partial charge in [-0.2, -0.15) is 0 Å². The highest BCUT2D eigenvalue weighted by Crippen LogP contribution is 2.23. The summed E-state index contributed by atoms with van der Waals surface area (Å²) in [5.74, 6) is 0.592. The summed E-state index contributed by atoms with van der Waals surface area (Å²) in [6.45, 7) is 6.31. The summed E-state index contributed by atoms with van der Waals surface area (Å²) in [4.78, 5) is 28.4. The van der Waals surface area contributed by atoms with E-state index < -0.39 is 0 Å². The number of nitrogens with zero attached hydrogens (tertiary/aromatic N) is 2. The van der Waals surface area contributed by atoms with E-state index in [9.17, 15) is 9.59 Å². The molecule has 0 aliphatic carbocycles. The second kappa shape index (κ2) is 6.61. The van der Waals surface area contributed by atoms with Gasteiger partial charge >= 0.3 is 0 Å². The van der Waals surface area contributed by atoms with Crippen molar-refractivity contribution in [1.82, 2.24) is 9.80 Å². The molecule has 0 saturated carbocycles. The fourth-order valence-electron chi connectivity index (χ4n) is 3.33. The third kappa shape index (κ3) is 3.07. The number of rotatable bonds is 5. The highest BCUT2D eigenvalue weighted by molar-refractivity contribution is 6.21. The lowest BCUT2D eigenvalue weighted by Gasteiger charge is -2.30. The number of likely N-dealkylation sites (tertiary alicyclic amines) is 1. The van der Waals surface area contributed by atoms with Crippen molar-refractivity contribution in [2.75, 3.05) is 26.2 Å². The number of piperidine rings is 1. The fourth-order valence-corrected chi connectivity index (χ4v) is 3.33. The van der Waals surface area contributed by atoms with Gasteiger partial charge in [-0.3, -0.25) is 14.5 Å². The van der Waals surface area contributed by atoms with Crippen molar-refractivity contribution in [2.45, 2.75) is 32.6 Å². The van der Waals surface area contributed by atoms with E-state index in [-0.39, 0.29) is 11.8 Å². The number of carbonyl (C=O) groups excluding carboxylic acids is 2. The molecule has 1 saturated heterocycles. The molecule has 118 valence electrons. The van der Waals surface area contributed by atoms with Crippen LogP contribution >= 0.6 is 0 Å². The molecule has 0 N–H and O–H groups in total. The number of carbonyl (C=O) groups is 2. The Balaban J connectivity index is 1.45. The van der Waals surface area contributed by atoms with E-state index in [0.29, 0.717) is 17.7 Å². The molecule has 2 heterocycles. The number of hydrogen-bond acceptors (Lipinski definition) is 3. The third-order valence-electron chi connectivity index (χ3n) is 4.86. The lowest BCUT2D eigenvalue weighted by molar-refractivity contribution is 0.0649. The van der Waals surface area contributed by atoms with Crippen molar-refractivity contribution in [1.29, 1.82) is 0 Å². The Morgan fingerprint density at radius 2 is 1.50 bits per heavy atom. The molecule has 2 amide bonds. The van der Waals surface area contributed by atoms with Gasteiger partial charge in [-0.15, -0.1) is 0 Å². The Kier molecular flexibility index (Phi) is 4.57. The van der Waals surface area contributed by atoms with E-state index in [1.165, 1.54) is 30.8 Å². The van der Waals surface area contributed by atoms with Gasteiger partial charge in [0.25, 0.3) is 11.8 Å². The minimum absolute atomic E-state index is 0.132. The van der Waals surface area contributed by atoms with Crippen LogP contribution in [0.25, 0.3) is 0 Å². The van der Waals surface area contributed by atoms with Gasteiger partial charge in [0.2, 0.25) is 0 Å². The van der Waals surface area contributed by atoms with E-state index in [0.717, 1.165) is 25.3 Å². The van der Waals surface area contributed by atoms with E-state index >= 15 is 0 Å². The first-order valence-corrected chi connectivity index (χ1v) is 8.34. The van der Waals surface area contributed by atoms with Crippen molar-refractivity contribution in [3.8, 4) is 0 Å². The summed E-state index contributed by atoms with van der Waals surface area (Å²) in [7, 11) is 0. The Hall–Kier alpha value is -1.68. The minimum atomic E-state index is -0.132. The maximum Gasteiger partial charge on any atom is 0.261 e. The molecule has 1 aromatic carbocycles. The largest absolute Gasteiger partial charge is 0.303 e. The van der Waals surface area contributed by atoms with Crippen LogP contribution in [-0.4, -0.2) is 47.8 Å². The average Bonchev–Trinajstić information content (AvgIpc) is 2.78. The van der Waals surface area contributed by atoms with Gasteiger partial charge in [0, 0.05) is 6.54 Å². The number of fused-ring (bicyclic) bond motifs is 1. The number of unbranched alkanes of at least 4 members (excludes halogenated alkanes) is 1. The van der Waals surface area contributed by atoms with Crippen molar-refractivity contribution >= 4 is 11.8 Å². The zero-order valence-corrected chi connectivity index (χ0v) is 13.3. The SMILES string of the molecule is CC1CCN(CCCCN2C(=O)c3ccccc3C2=O)CC1. The quantitative estimate of drug-likeness (QED) is 0.620. The van der Waals surface area contributed by atoms with Crippen LogP contribution in [0, 0.1) is 5.92 Å². The number of amides is 2. The number of hydrogen-bond donors (Lipinski definition) is 0. The van der Waals surface area contributed by atoms with Crippen LogP contribution in [0.15, 0.2) is 24.3 Å². The van der Waals surface area contributed by atoms with Gasteiger partial charge in [0.05, 0.1) is 11.1 Å². The third-order valence-corrected chi connectivity index (χ3v) is 4.86. The molecule has 22 heavy (non-hydrogen) atoms. The maximum absolute atomic E-state index is 12.2. The summed E-state index contributed by atoms with van der Waals surface area (Å²) in [5, 5.41) is 0. The maximum atomic E-state index is 12.2. The minimum Gasteiger partial charge on any atom is -0.303 e. The van der Waals surface area contributed by atoms with E-state index in [2.05, 4.69) is 11.8 Å².